The molecule has 2 unspecified atom stereocenters. The summed E-state index contributed by atoms with van der Waals surface area (Å²) in [6.07, 6.45) is 5.47. The molecule has 2 atom stereocenters. The van der Waals surface area contributed by atoms with E-state index in [4.69, 9.17) is 0 Å². The minimum atomic E-state index is 0.443. The third kappa shape index (κ3) is 4.99. The van der Waals surface area contributed by atoms with E-state index >= 15 is 0 Å². The number of hydrogen-bond donors (Lipinski definition) is 0. The molecule has 0 heterocycles. The Bertz CT molecular complexity index is 376. The summed E-state index contributed by atoms with van der Waals surface area (Å²) in [5.74, 6) is 1.02. The zero-order valence-corrected chi connectivity index (χ0v) is 11.4. The van der Waals surface area contributed by atoms with Gasteiger partial charge in [0.2, 0.25) is 0 Å². The van der Waals surface area contributed by atoms with E-state index in [2.05, 4.69) is 62.2 Å². The van der Waals surface area contributed by atoms with Gasteiger partial charge in [-0.2, -0.15) is 0 Å². The van der Waals surface area contributed by atoms with Crippen molar-refractivity contribution >= 4 is 6.21 Å². The Labute approximate surface area is 105 Å². The van der Waals surface area contributed by atoms with E-state index in [9.17, 15) is 0 Å². The maximum absolute atomic E-state index is 4.08. The number of aliphatic imine (C=N–C) groups is 1. The highest BCUT2D eigenvalue weighted by atomic mass is 14.6. The van der Waals surface area contributed by atoms with Crippen LogP contribution in [-0.2, 0) is 6.42 Å². The summed E-state index contributed by atoms with van der Waals surface area (Å²) in [5, 5.41) is 0. The Balaban J connectivity index is 2.59. The van der Waals surface area contributed by atoms with Crippen molar-refractivity contribution in [1.82, 2.24) is 0 Å². The summed E-state index contributed by atoms with van der Waals surface area (Å²) in [6, 6.07) is 10.7. The Morgan fingerprint density at radius 1 is 1.24 bits per heavy atom. The first-order valence-electron chi connectivity index (χ1n) is 6.28. The fourth-order valence-corrected chi connectivity index (χ4v) is 1.99. The average Bonchev–Trinajstić information content (AvgIpc) is 2.30. The number of nitrogens with zero attached hydrogens (tertiary/aromatic N) is 1. The summed E-state index contributed by atoms with van der Waals surface area (Å²) >= 11 is 0. The van der Waals surface area contributed by atoms with E-state index < -0.39 is 0 Å². The van der Waals surface area contributed by atoms with Crippen LogP contribution in [0.2, 0.25) is 0 Å². The zero-order valence-electron chi connectivity index (χ0n) is 11.4. The minimum Gasteiger partial charge on any atom is -0.300 e. The van der Waals surface area contributed by atoms with Crippen LogP contribution in [0.25, 0.3) is 0 Å². The molecule has 1 aromatic carbocycles. The van der Waals surface area contributed by atoms with E-state index in [1.807, 2.05) is 13.3 Å². The molecule has 1 heteroatoms. The fraction of sp³-hybridized carbons (Fsp3) is 0.438. The fourth-order valence-electron chi connectivity index (χ4n) is 1.99. The van der Waals surface area contributed by atoms with Crippen LogP contribution in [0, 0.1) is 11.8 Å². The standard InChI is InChI=1S/C16H23N/c1-13(10-14(2)15(3)12-17-4)11-16-8-6-5-7-9-16/h5-10,12-13,15H,11H2,1-4H3. The van der Waals surface area contributed by atoms with E-state index in [0.29, 0.717) is 11.8 Å². The topological polar surface area (TPSA) is 12.4 Å². The van der Waals surface area contributed by atoms with Gasteiger partial charge in [-0.1, -0.05) is 55.8 Å². The molecule has 0 amide bonds. The van der Waals surface area contributed by atoms with Crippen molar-refractivity contribution in [2.24, 2.45) is 16.8 Å². The van der Waals surface area contributed by atoms with Crippen LogP contribution < -0.4 is 0 Å². The highest BCUT2D eigenvalue weighted by Gasteiger charge is 2.04. The molecule has 0 bridgehead atoms. The van der Waals surface area contributed by atoms with Crippen molar-refractivity contribution in [3.63, 3.8) is 0 Å². The molecule has 0 radical (unpaired) electrons. The predicted octanol–water partition coefficient (Wildman–Crippen LogP) is 4.15. The van der Waals surface area contributed by atoms with Gasteiger partial charge in [-0.15, -0.1) is 0 Å². The summed E-state index contributed by atoms with van der Waals surface area (Å²) in [4.78, 5) is 4.08. The second kappa shape index (κ2) is 7.05. The smallest absolute Gasteiger partial charge is 0.0273 e. The molecule has 0 spiro atoms. The summed E-state index contributed by atoms with van der Waals surface area (Å²) < 4.78 is 0. The highest BCUT2D eigenvalue weighted by molar-refractivity contribution is 5.64. The number of allylic oxidation sites excluding steroid dienone is 2. The van der Waals surface area contributed by atoms with E-state index in [-0.39, 0.29) is 0 Å². The van der Waals surface area contributed by atoms with Gasteiger partial charge in [0.1, 0.15) is 0 Å². The third-order valence-corrected chi connectivity index (χ3v) is 3.04. The Morgan fingerprint density at radius 3 is 2.47 bits per heavy atom. The van der Waals surface area contributed by atoms with Gasteiger partial charge < -0.3 is 4.99 Å². The van der Waals surface area contributed by atoms with Gasteiger partial charge in [0.05, 0.1) is 0 Å². The number of benzene rings is 1. The normalized spacial score (nSPS) is 16.1. The maximum Gasteiger partial charge on any atom is 0.0273 e. The van der Waals surface area contributed by atoms with Crippen LogP contribution in [-0.4, -0.2) is 13.3 Å². The van der Waals surface area contributed by atoms with Gasteiger partial charge in [-0.05, 0) is 24.8 Å². The van der Waals surface area contributed by atoms with Gasteiger partial charge in [-0.3, -0.25) is 0 Å². The summed E-state index contributed by atoms with van der Waals surface area (Å²) in [7, 11) is 1.83. The Morgan fingerprint density at radius 2 is 1.88 bits per heavy atom. The molecule has 0 aromatic heterocycles. The number of hydrogen-bond acceptors (Lipinski definition) is 1. The van der Waals surface area contributed by atoms with Gasteiger partial charge in [-0.25, -0.2) is 0 Å². The van der Waals surface area contributed by atoms with E-state index in [1.54, 1.807) is 0 Å². The molecule has 0 aliphatic heterocycles. The first-order valence-corrected chi connectivity index (χ1v) is 6.28. The quantitative estimate of drug-likeness (QED) is 0.531. The first-order chi connectivity index (χ1) is 8.13. The number of rotatable bonds is 5. The molecule has 1 nitrogen and oxygen atoms in total. The van der Waals surface area contributed by atoms with Crippen LogP contribution in [0.4, 0.5) is 0 Å². The van der Waals surface area contributed by atoms with Crippen molar-refractivity contribution in [1.29, 1.82) is 0 Å². The zero-order chi connectivity index (χ0) is 12.7. The molecule has 1 aromatic rings. The third-order valence-electron chi connectivity index (χ3n) is 3.04. The molecule has 0 N–H and O–H groups in total. The minimum absolute atomic E-state index is 0.443. The van der Waals surface area contributed by atoms with Crippen LogP contribution in [0.1, 0.15) is 26.3 Å². The van der Waals surface area contributed by atoms with Gasteiger partial charge in [0, 0.05) is 19.2 Å². The maximum atomic E-state index is 4.08. The second-order valence-electron chi connectivity index (χ2n) is 4.77. The Hall–Kier alpha value is -1.37. The molecular formula is C16H23N. The van der Waals surface area contributed by atoms with Crippen molar-refractivity contribution in [3.05, 3.63) is 47.5 Å². The van der Waals surface area contributed by atoms with Crippen LogP contribution in [0.3, 0.4) is 0 Å². The lowest BCUT2D eigenvalue weighted by molar-refractivity contribution is 0.707. The SMILES string of the molecule is CN=CC(C)C(C)=CC(C)Cc1ccccc1. The predicted molar refractivity (Wildman–Crippen MR) is 76.6 cm³/mol. The van der Waals surface area contributed by atoms with Crippen molar-refractivity contribution in [2.75, 3.05) is 7.05 Å². The molecule has 0 saturated heterocycles. The van der Waals surface area contributed by atoms with Gasteiger partial charge in [0.25, 0.3) is 0 Å². The van der Waals surface area contributed by atoms with E-state index in [0.717, 1.165) is 6.42 Å². The van der Waals surface area contributed by atoms with Gasteiger partial charge >= 0.3 is 0 Å². The van der Waals surface area contributed by atoms with Crippen LogP contribution >= 0.6 is 0 Å². The molecule has 0 fully saturated rings. The molecule has 0 saturated carbocycles. The monoisotopic (exact) mass is 229 g/mol. The molecule has 92 valence electrons. The lowest BCUT2D eigenvalue weighted by Gasteiger charge is -2.11. The molecular weight excluding hydrogens is 206 g/mol. The van der Waals surface area contributed by atoms with Gasteiger partial charge in [0.15, 0.2) is 0 Å². The summed E-state index contributed by atoms with van der Waals surface area (Å²) in [6.45, 7) is 6.65. The molecule has 0 aliphatic carbocycles. The highest BCUT2D eigenvalue weighted by Crippen LogP contribution is 2.15. The van der Waals surface area contributed by atoms with Crippen molar-refractivity contribution in [3.8, 4) is 0 Å². The summed E-state index contributed by atoms with van der Waals surface area (Å²) in [5.41, 5.74) is 2.81. The van der Waals surface area contributed by atoms with Crippen LogP contribution in [0.15, 0.2) is 47.0 Å². The molecule has 1 rings (SSSR count). The average molecular weight is 229 g/mol. The van der Waals surface area contributed by atoms with Crippen LogP contribution in [0.5, 0.6) is 0 Å². The first kappa shape index (κ1) is 13.7. The molecule has 17 heavy (non-hydrogen) atoms. The lowest BCUT2D eigenvalue weighted by Crippen LogP contribution is -2.02. The largest absolute Gasteiger partial charge is 0.300 e. The van der Waals surface area contributed by atoms with Crippen molar-refractivity contribution < 1.29 is 0 Å². The van der Waals surface area contributed by atoms with Crippen molar-refractivity contribution in [2.45, 2.75) is 27.2 Å². The molecule has 0 aliphatic rings. The van der Waals surface area contributed by atoms with E-state index in [1.165, 1.54) is 11.1 Å². The second-order valence-corrected chi connectivity index (χ2v) is 4.77. The lowest BCUT2D eigenvalue weighted by atomic mass is 9.95. The Kier molecular flexibility index (Phi) is 5.68.